The molecule has 4 nitrogen and oxygen atoms in total. The first-order valence-corrected chi connectivity index (χ1v) is 7.57. The van der Waals surface area contributed by atoms with Crippen LogP contribution in [0.2, 0.25) is 5.02 Å². The van der Waals surface area contributed by atoms with Gasteiger partial charge in [0.05, 0.1) is 12.9 Å². The molecule has 23 heavy (non-hydrogen) atoms. The first kappa shape index (κ1) is 15.5. The number of nitrogens with zero attached hydrogens (tertiary/aromatic N) is 3. The lowest BCUT2D eigenvalue weighted by molar-refractivity contribution is 0.0703. The second kappa shape index (κ2) is 6.77. The Bertz CT molecular complexity index is 770. The maximum Gasteiger partial charge on any atom is 0.126 e. The summed E-state index contributed by atoms with van der Waals surface area (Å²) in [7, 11) is 0. The van der Waals surface area contributed by atoms with Gasteiger partial charge in [0.1, 0.15) is 5.60 Å². The monoisotopic (exact) mass is 325 g/mol. The molecule has 2 aromatic heterocycles. The number of rotatable bonds is 5. The smallest absolute Gasteiger partial charge is 0.126 e. The van der Waals surface area contributed by atoms with Crippen LogP contribution in [0.1, 0.15) is 11.1 Å². The Balaban J connectivity index is 1.93. The van der Waals surface area contributed by atoms with E-state index >= 15 is 0 Å². The van der Waals surface area contributed by atoms with E-state index in [1.165, 1.54) is 0 Å². The number of aromatic nitrogens is 3. The van der Waals surface area contributed by atoms with Gasteiger partial charge in [-0.15, -0.1) is 0 Å². The summed E-state index contributed by atoms with van der Waals surface area (Å²) in [5, 5.41) is 11.9. The molecule has 5 heteroatoms. The van der Waals surface area contributed by atoms with Crippen molar-refractivity contribution in [2.75, 3.05) is 0 Å². The van der Waals surface area contributed by atoms with Crippen molar-refractivity contribution in [3.63, 3.8) is 0 Å². The highest BCUT2D eigenvalue weighted by Gasteiger charge is 2.26. The van der Waals surface area contributed by atoms with Gasteiger partial charge in [0, 0.05) is 29.8 Å². The van der Waals surface area contributed by atoms with Crippen LogP contribution >= 0.6 is 11.6 Å². The van der Waals surface area contributed by atoms with Gasteiger partial charge in [-0.05, 0) is 41.5 Å². The summed E-state index contributed by atoms with van der Waals surface area (Å²) < 4.78 is 1.84. The van der Waals surface area contributed by atoms with Crippen LogP contribution in [0.25, 0.3) is 6.08 Å². The van der Waals surface area contributed by atoms with Crippen LogP contribution in [0, 0.1) is 0 Å². The lowest BCUT2D eigenvalue weighted by Crippen LogP contribution is -2.28. The Labute approximate surface area is 139 Å². The predicted molar refractivity (Wildman–Crippen MR) is 90.8 cm³/mol. The molecule has 0 saturated heterocycles. The third-order valence-electron chi connectivity index (χ3n) is 3.58. The van der Waals surface area contributed by atoms with Crippen LogP contribution in [-0.4, -0.2) is 19.6 Å². The van der Waals surface area contributed by atoms with Crippen LogP contribution in [0.15, 0.2) is 73.6 Å². The minimum atomic E-state index is -1.16. The Kier molecular flexibility index (Phi) is 4.55. The molecule has 1 atom stereocenters. The van der Waals surface area contributed by atoms with Gasteiger partial charge >= 0.3 is 0 Å². The fourth-order valence-corrected chi connectivity index (χ4v) is 2.47. The van der Waals surface area contributed by atoms with Crippen molar-refractivity contribution >= 4 is 17.7 Å². The minimum Gasteiger partial charge on any atom is -0.379 e. The highest BCUT2D eigenvalue weighted by molar-refractivity contribution is 6.30. The zero-order chi connectivity index (χ0) is 16.1. The van der Waals surface area contributed by atoms with Crippen LogP contribution in [-0.2, 0) is 12.1 Å². The van der Waals surface area contributed by atoms with E-state index in [1.54, 1.807) is 31.0 Å². The fourth-order valence-electron chi connectivity index (χ4n) is 2.35. The van der Waals surface area contributed by atoms with Crippen LogP contribution in [0.3, 0.4) is 0 Å². The van der Waals surface area contributed by atoms with Gasteiger partial charge in [0.2, 0.25) is 0 Å². The zero-order valence-corrected chi connectivity index (χ0v) is 13.1. The number of aliphatic hydroxyl groups is 1. The summed E-state index contributed by atoms with van der Waals surface area (Å²) in [6, 6.07) is 11.1. The molecule has 0 unspecified atom stereocenters. The van der Waals surface area contributed by atoms with Gasteiger partial charge in [-0.25, -0.2) is 4.98 Å². The summed E-state index contributed by atoms with van der Waals surface area (Å²) in [6.45, 7) is 0.362. The van der Waals surface area contributed by atoms with Crippen LogP contribution in [0.4, 0.5) is 0 Å². The minimum absolute atomic E-state index is 0.362. The number of hydrogen-bond donors (Lipinski definition) is 1. The van der Waals surface area contributed by atoms with Crippen molar-refractivity contribution in [2.24, 2.45) is 0 Å². The summed E-state index contributed by atoms with van der Waals surface area (Å²) in [5.74, 6) is 0. The molecule has 0 aliphatic carbocycles. The van der Waals surface area contributed by atoms with E-state index in [-0.39, 0.29) is 0 Å². The second-order valence-electron chi connectivity index (χ2n) is 5.28. The molecule has 2 heterocycles. The maximum atomic E-state index is 11.2. The number of benzene rings is 1. The Morgan fingerprint density at radius 2 is 1.78 bits per heavy atom. The van der Waals surface area contributed by atoms with Crippen molar-refractivity contribution in [3.05, 3.63) is 89.7 Å². The molecule has 0 radical (unpaired) electrons. The van der Waals surface area contributed by atoms with E-state index in [2.05, 4.69) is 9.97 Å². The maximum absolute atomic E-state index is 11.2. The SMILES string of the molecule is O[C@](/C=C/c1ccc(Cl)cc1)(Cn1ccnc1)c1ccncc1. The Morgan fingerprint density at radius 1 is 1.04 bits per heavy atom. The van der Waals surface area contributed by atoms with E-state index in [4.69, 9.17) is 11.6 Å². The average molecular weight is 326 g/mol. The van der Waals surface area contributed by atoms with Gasteiger partial charge < -0.3 is 9.67 Å². The number of halogens is 1. The molecule has 0 amide bonds. The average Bonchev–Trinajstić information content (AvgIpc) is 3.08. The van der Waals surface area contributed by atoms with Gasteiger partial charge in [-0.2, -0.15) is 0 Å². The Morgan fingerprint density at radius 3 is 2.43 bits per heavy atom. The van der Waals surface area contributed by atoms with Gasteiger partial charge in [-0.3, -0.25) is 4.98 Å². The quantitative estimate of drug-likeness (QED) is 0.780. The first-order chi connectivity index (χ1) is 11.2. The van der Waals surface area contributed by atoms with Crippen molar-refractivity contribution < 1.29 is 5.11 Å². The van der Waals surface area contributed by atoms with E-state index in [9.17, 15) is 5.11 Å². The molecule has 3 rings (SSSR count). The molecule has 3 aromatic rings. The summed E-state index contributed by atoms with van der Waals surface area (Å²) in [4.78, 5) is 8.04. The molecule has 116 valence electrons. The van der Waals surface area contributed by atoms with Crippen molar-refractivity contribution in [1.29, 1.82) is 0 Å². The van der Waals surface area contributed by atoms with E-state index < -0.39 is 5.60 Å². The van der Waals surface area contributed by atoms with Gasteiger partial charge in [-0.1, -0.05) is 29.8 Å². The fraction of sp³-hybridized carbons (Fsp3) is 0.111. The summed E-state index contributed by atoms with van der Waals surface area (Å²) in [5.41, 5.74) is 0.572. The topological polar surface area (TPSA) is 50.9 Å². The van der Waals surface area contributed by atoms with E-state index in [0.29, 0.717) is 11.6 Å². The van der Waals surface area contributed by atoms with Gasteiger partial charge in [0.25, 0.3) is 0 Å². The standard InChI is InChI=1S/C18H16ClN3O/c19-17-3-1-15(2-4-17)5-8-18(23,13-22-12-11-21-14-22)16-6-9-20-10-7-16/h1-12,14,23H,13H2/b8-5+/t18-/m1/s1. The molecule has 0 saturated carbocycles. The van der Waals surface area contributed by atoms with Crippen molar-refractivity contribution in [2.45, 2.75) is 12.1 Å². The van der Waals surface area contributed by atoms with Gasteiger partial charge in [0.15, 0.2) is 0 Å². The molecule has 0 fully saturated rings. The third kappa shape index (κ3) is 3.86. The summed E-state index contributed by atoms with van der Waals surface area (Å²) >= 11 is 5.90. The molecular formula is C18H16ClN3O. The highest BCUT2D eigenvalue weighted by atomic mass is 35.5. The first-order valence-electron chi connectivity index (χ1n) is 7.19. The largest absolute Gasteiger partial charge is 0.379 e. The molecule has 0 spiro atoms. The molecule has 1 aromatic carbocycles. The second-order valence-corrected chi connectivity index (χ2v) is 5.72. The predicted octanol–water partition coefficient (Wildman–Crippen LogP) is 3.53. The number of hydrogen-bond acceptors (Lipinski definition) is 3. The van der Waals surface area contributed by atoms with Crippen molar-refractivity contribution in [1.82, 2.24) is 14.5 Å². The van der Waals surface area contributed by atoms with E-state index in [1.807, 2.05) is 53.2 Å². The normalized spacial score (nSPS) is 14.0. The lowest BCUT2D eigenvalue weighted by Gasteiger charge is -2.25. The molecule has 0 bridgehead atoms. The summed E-state index contributed by atoms with van der Waals surface area (Å²) in [6.07, 6.45) is 12.2. The molecular weight excluding hydrogens is 310 g/mol. The number of pyridine rings is 1. The number of imidazole rings is 1. The highest BCUT2D eigenvalue weighted by Crippen LogP contribution is 2.26. The molecule has 0 aliphatic heterocycles. The molecule has 0 aliphatic rings. The third-order valence-corrected chi connectivity index (χ3v) is 3.84. The van der Waals surface area contributed by atoms with Crippen LogP contribution < -0.4 is 0 Å². The van der Waals surface area contributed by atoms with Crippen LogP contribution in [0.5, 0.6) is 0 Å². The lowest BCUT2D eigenvalue weighted by atomic mass is 9.93. The van der Waals surface area contributed by atoms with E-state index in [0.717, 1.165) is 11.1 Å². The molecule has 1 N–H and O–H groups in total. The zero-order valence-electron chi connectivity index (χ0n) is 12.4. The Hall–Kier alpha value is -2.43. The van der Waals surface area contributed by atoms with Crippen molar-refractivity contribution in [3.8, 4) is 0 Å².